The van der Waals surface area contributed by atoms with E-state index in [1.807, 2.05) is 6.07 Å². The standard InChI is InChI=1S/C27H25ClF2N2O4/c1-26(2,3)36-25(34)32-14-27(15-8-5-4-6-9-15)13-17-20(35-27)12-19(30)23(28)22(17)21-16(24(31)33)10-7-11-18(21)29/h4-12H,13-14H2,1-3H3,(H2,31,33)(H,32,34). The molecule has 0 aliphatic carbocycles. The molecule has 3 aromatic rings. The number of alkyl carbamates (subject to hydrolysis) is 1. The number of primary amides is 1. The van der Waals surface area contributed by atoms with Crippen molar-refractivity contribution >= 4 is 23.6 Å². The summed E-state index contributed by atoms with van der Waals surface area (Å²) in [5.41, 5.74) is 4.27. The van der Waals surface area contributed by atoms with E-state index in [1.54, 1.807) is 45.0 Å². The number of fused-ring (bicyclic) bond motifs is 1. The summed E-state index contributed by atoms with van der Waals surface area (Å²) >= 11 is 6.36. The molecule has 1 aliphatic rings. The van der Waals surface area contributed by atoms with Crippen molar-refractivity contribution in [3.63, 3.8) is 0 Å². The molecule has 36 heavy (non-hydrogen) atoms. The molecule has 0 spiro atoms. The molecule has 0 radical (unpaired) electrons. The van der Waals surface area contributed by atoms with Crippen LogP contribution in [0.25, 0.3) is 11.1 Å². The lowest BCUT2D eigenvalue weighted by molar-refractivity contribution is 0.0414. The number of rotatable bonds is 5. The third-order valence-electron chi connectivity index (χ3n) is 5.80. The van der Waals surface area contributed by atoms with Gasteiger partial charge in [0, 0.05) is 34.7 Å². The highest BCUT2D eigenvalue weighted by atomic mass is 35.5. The fraction of sp³-hybridized carbons (Fsp3) is 0.259. The second kappa shape index (κ2) is 9.43. The highest BCUT2D eigenvalue weighted by molar-refractivity contribution is 6.34. The Morgan fingerprint density at radius 1 is 1.08 bits per heavy atom. The van der Waals surface area contributed by atoms with Gasteiger partial charge in [-0.25, -0.2) is 13.6 Å². The zero-order valence-corrected chi connectivity index (χ0v) is 20.7. The molecule has 9 heteroatoms. The highest BCUT2D eigenvalue weighted by Gasteiger charge is 2.44. The fourth-order valence-electron chi connectivity index (χ4n) is 4.32. The quantitative estimate of drug-likeness (QED) is 0.454. The third kappa shape index (κ3) is 4.86. The molecule has 1 unspecified atom stereocenters. The number of carbonyl (C=O) groups excluding carboxylic acids is 2. The lowest BCUT2D eigenvalue weighted by Gasteiger charge is -2.30. The Balaban J connectivity index is 1.85. The van der Waals surface area contributed by atoms with Gasteiger partial charge < -0.3 is 20.5 Å². The van der Waals surface area contributed by atoms with Crippen molar-refractivity contribution in [1.82, 2.24) is 5.32 Å². The molecule has 4 rings (SSSR count). The van der Waals surface area contributed by atoms with E-state index >= 15 is 4.39 Å². The minimum absolute atomic E-state index is 0.0198. The van der Waals surface area contributed by atoms with E-state index < -0.39 is 34.8 Å². The number of carbonyl (C=O) groups is 2. The van der Waals surface area contributed by atoms with E-state index in [0.29, 0.717) is 11.1 Å². The summed E-state index contributed by atoms with van der Waals surface area (Å²) in [6.07, 6.45) is -0.573. The first kappa shape index (κ1) is 25.4. The predicted molar refractivity (Wildman–Crippen MR) is 132 cm³/mol. The third-order valence-corrected chi connectivity index (χ3v) is 6.17. The van der Waals surface area contributed by atoms with E-state index in [9.17, 15) is 14.0 Å². The molecule has 2 amide bonds. The number of nitrogens with two attached hydrogens (primary N) is 1. The number of ether oxygens (including phenoxy) is 2. The van der Waals surface area contributed by atoms with Crippen molar-refractivity contribution in [2.45, 2.75) is 38.4 Å². The van der Waals surface area contributed by atoms with Gasteiger partial charge in [0.2, 0.25) is 5.91 Å². The summed E-state index contributed by atoms with van der Waals surface area (Å²) in [5.74, 6) is -2.42. The van der Waals surface area contributed by atoms with E-state index in [4.69, 9.17) is 26.8 Å². The fourth-order valence-corrected chi connectivity index (χ4v) is 4.58. The number of nitrogens with one attached hydrogen (secondary N) is 1. The SMILES string of the molecule is CC(C)(C)OC(=O)NCC1(c2ccccc2)Cc2c(cc(F)c(Cl)c2-c2c(F)cccc2C(N)=O)O1. The lowest BCUT2D eigenvalue weighted by Crippen LogP contribution is -2.45. The van der Waals surface area contributed by atoms with Gasteiger partial charge in [0.05, 0.1) is 11.6 Å². The van der Waals surface area contributed by atoms with Crippen molar-refractivity contribution in [2.75, 3.05) is 6.54 Å². The molecule has 0 saturated carbocycles. The first-order chi connectivity index (χ1) is 16.9. The topological polar surface area (TPSA) is 90.6 Å². The first-order valence-electron chi connectivity index (χ1n) is 11.2. The Kier molecular flexibility index (Phi) is 6.66. The van der Waals surface area contributed by atoms with Crippen LogP contribution in [0.3, 0.4) is 0 Å². The molecule has 1 atom stereocenters. The monoisotopic (exact) mass is 514 g/mol. The number of hydrogen-bond acceptors (Lipinski definition) is 4. The minimum atomic E-state index is -1.19. The molecule has 0 fully saturated rings. The summed E-state index contributed by atoms with van der Waals surface area (Å²) in [6.45, 7) is 5.18. The van der Waals surface area contributed by atoms with Gasteiger partial charge >= 0.3 is 6.09 Å². The smallest absolute Gasteiger partial charge is 0.407 e. The van der Waals surface area contributed by atoms with Gasteiger partial charge in [-0.2, -0.15) is 0 Å². The largest absolute Gasteiger partial charge is 0.480 e. The molecule has 0 saturated heterocycles. The molecular weight excluding hydrogens is 490 g/mol. The van der Waals surface area contributed by atoms with Crippen molar-refractivity contribution < 1.29 is 27.8 Å². The van der Waals surface area contributed by atoms with Crippen LogP contribution in [0.2, 0.25) is 5.02 Å². The van der Waals surface area contributed by atoms with Gasteiger partial charge in [-0.1, -0.05) is 48.0 Å². The molecule has 3 N–H and O–H groups in total. The minimum Gasteiger partial charge on any atom is -0.480 e. The van der Waals surface area contributed by atoms with Gasteiger partial charge in [0.1, 0.15) is 23.0 Å². The molecule has 1 heterocycles. The molecule has 6 nitrogen and oxygen atoms in total. The molecule has 188 valence electrons. The average Bonchev–Trinajstić information content (AvgIpc) is 3.17. The van der Waals surface area contributed by atoms with E-state index in [0.717, 1.165) is 12.1 Å². The Morgan fingerprint density at radius 2 is 1.78 bits per heavy atom. The van der Waals surface area contributed by atoms with E-state index in [2.05, 4.69) is 5.32 Å². The number of benzene rings is 3. The van der Waals surface area contributed by atoms with E-state index in [-0.39, 0.29) is 40.4 Å². The maximum Gasteiger partial charge on any atom is 0.407 e. The van der Waals surface area contributed by atoms with Crippen molar-refractivity contribution in [2.24, 2.45) is 5.73 Å². The van der Waals surface area contributed by atoms with Crippen LogP contribution in [0.5, 0.6) is 5.75 Å². The Labute approximate surface area is 212 Å². The van der Waals surface area contributed by atoms with Gasteiger partial charge in [0.15, 0.2) is 5.60 Å². The maximum atomic E-state index is 15.1. The summed E-state index contributed by atoms with van der Waals surface area (Å²) in [5, 5.41) is 2.36. The Hall–Kier alpha value is -3.65. The van der Waals surface area contributed by atoms with Gasteiger partial charge in [0.25, 0.3) is 0 Å². The summed E-state index contributed by atoms with van der Waals surface area (Å²) < 4.78 is 41.7. The molecule has 1 aliphatic heterocycles. The molecular formula is C27H25ClF2N2O4. The zero-order valence-electron chi connectivity index (χ0n) is 20.0. The van der Waals surface area contributed by atoms with Crippen molar-refractivity contribution in [1.29, 1.82) is 0 Å². The van der Waals surface area contributed by atoms with Crippen molar-refractivity contribution in [3.8, 4) is 16.9 Å². The predicted octanol–water partition coefficient (Wildman–Crippen LogP) is 5.74. The normalized spacial score (nSPS) is 16.7. The Bertz CT molecular complexity index is 1340. The van der Waals surface area contributed by atoms with Crippen LogP contribution in [0.1, 0.15) is 42.3 Å². The number of hydrogen-bond donors (Lipinski definition) is 2. The van der Waals surface area contributed by atoms with Gasteiger partial charge in [-0.15, -0.1) is 0 Å². The van der Waals surface area contributed by atoms with E-state index in [1.165, 1.54) is 12.1 Å². The van der Waals surface area contributed by atoms with Crippen LogP contribution < -0.4 is 15.8 Å². The maximum absolute atomic E-state index is 15.1. The molecule has 0 bridgehead atoms. The van der Waals surface area contributed by atoms with Crippen LogP contribution in [0.15, 0.2) is 54.6 Å². The van der Waals surface area contributed by atoms with Crippen molar-refractivity contribution in [3.05, 3.63) is 87.9 Å². The van der Waals surface area contributed by atoms with Crippen LogP contribution in [0, 0.1) is 11.6 Å². The van der Waals surface area contributed by atoms with Crippen LogP contribution in [-0.2, 0) is 16.8 Å². The highest BCUT2D eigenvalue weighted by Crippen LogP contribution is 2.49. The summed E-state index contributed by atoms with van der Waals surface area (Å²) in [4.78, 5) is 24.6. The number of halogens is 3. The zero-order chi connectivity index (χ0) is 26.3. The first-order valence-corrected chi connectivity index (χ1v) is 11.6. The van der Waals surface area contributed by atoms with Crippen LogP contribution in [-0.4, -0.2) is 24.1 Å². The second-order valence-corrected chi connectivity index (χ2v) is 9.92. The van der Waals surface area contributed by atoms with Crippen LogP contribution in [0.4, 0.5) is 13.6 Å². The average molecular weight is 515 g/mol. The Morgan fingerprint density at radius 3 is 2.42 bits per heavy atom. The summed E-state index contributed by atoms with van der Waals surface area (Å²) in [7, 11) is 0. The second-order valence-electron chi connectivity index (χ2n) is 9.55. The molecule has 3 aromatic carbocycles. The van der Waals surface area contributed by atoms with Crippen LogP contribution >= 0.6 is 11.6 Å². The summed E-state index contributed by atoms with van der Waals surface area (Å²) in [6, 6.07) is 14.0. The van der Waals surface area contributed by atoms with Gasteiger partial charge in [-0.05, 0) is 38.5 Å². The van der Waals surface area contributed by atoms with Gasteiger partial charge in [-0.3, -0.25) is 4.79 Å². The molecule has 0 aromatic heterocycles. The lowest BCUT2D eigenvalue weighted by atomic mass is 9.85. The number of amides is 2.